The standard InChI is InChI=1S/C4H9As.2BrH/c1-2-3-4-5;;/h2-4H2,1H3;2*1H. The van der Waals surface area contributed by atoms with Gasteiger partial charge in [-0.15, -0.1) is 34.0 Å². The van der Waals surface area contributed by atoms with Gasteiger partial charge in [0.1, 0.15) is 0 Å². The molecule has 0 bridgehead atoms. The number of halogens is 2. The minimum absolute atomic E-state index is 0. The molecule has 0 aliphatic carbocycles. The van der Waals surface area contributed by atoms with E-state index >= 15 is 0 Å². The van der Waals surface area contributed by atoms with E-state index in [2.05, 4.69) is 23.8 Å². The van der Waals surface area contributed by atoms with Gasteiger partial charge >= 0.3 is 41.8 Å². The van der Waals surface area contributed by atoms with Gasteiger partial charge in [0.15, 0.2) is 0 Å². The maximum atomic E-state index is 2.58. The molecule has 0 aliphatic heterocycles. The van der Waals surface area contributed by atoms with E-state index in [-0.39, 0.29) is 34.0 Å². The number of unbranched alkanes of at least 4 members (excludes halogenated alkanes) is 1. The summed E-state index contributed by atoms with van der Waals surface area (Å²) in [6.07, 6.45) is 2.69. The number of rotatable bonds is 2. The van der Waals surface area contributed by atoms with E-state index in [4.69, 9.17) is 0 Å². The Balaban J connectivity index is -0.0000000800. The zero-order chi connectivity index (χ0) is 4.12. The van der Waals surface area contributed by atoms with Gasteiger partial charge in [-0.2, -0.15) is 0 Å². The number of hydrogen-bond donors (Lipinski definition) is 0. The van der Waals surface area contributed by atoms with Crippen molar-refractivity contribution in [1.82, 2.24) is 0 Å². The fourth-order valence-electron chi connectivity index (χ4n) is 0.158. The number of hydrogen-bond acceptors (Lipinski definition) is 0. The summed E-state index contributed by atoms with van der Waals surface area (Å²) >= 11 is 2.58. The van der Waals surface area contributed by atoms with Gasteiger partial charge in [-0.25, -0.2) is 0 Å². The van der Waals surface area contributed by atoms with E-state index in [1.165, 1.54) is 18.1 Å². The van der Waals surface area contributed by atoms with Gasteiger partial charge in [0.25, 0.3) is 0 Å². The van der Waals surface area contributed by atoms with Crippen molar-refractivity contribution in [1.29, 1.82) is 0 Å². The van der Waals surface area contributed by atoms with Crippen LogP contribution in [0.25, 0.3) is 0 Å². The molecule has 0 fully saturated rings. The zero-order valence-electron chi connectivity index (χ0n) is 4.39. The molecular weight excluding hydrogens is 283 g/mol. The van der Waals surface area contributed by atoms with E-state index in [1.807, 2.05) is 0 Å². The van der Waals surface area contributed by atoms with Crippen molar-refractivity contribution in [2.75, 3.05) is 0 Å². The molecule has 0 aromatic rings. The first-order chi connectivity index (χ1) is 2.41. The molecule has 3 heteroatoms. The van der Waals surface area contributed by atoms with Gasteiger partial charge in [0.2, 0.25) is 0 Å². The van der Waals surface area contributed by atoms with Gasteiger partial charge in [0.05, 0.1) is 0 Å². The summed E-state index contributed by atoms with van der Waals surface area (Å²) in [5.74, 6) is 0. The summed E-state index contributed by atoms with van der Waals surface area (Å²) < 4.78 is 0. The fourth-order valence-corrected chi connectivity index (χ4v) is 0.822. The molecule has 0 saturated heterocycles. The van der Waals surface area contributed by atoms with E-state index < -0.39 is 0 Å². The maximum absolute atomic E-state index is 2.58. The van der Waals surface area contributed by atoms with Crippen LogP contribution in [0, 0.1) is 0 Å². The van der Waals surface area contributed by atoms with Crippen molar-refractivity contribution in [3.63, 3.8) is 0 Å². The topological polar surface area (TPSA) is 0 Å². The third-order valence-corrected chi connectivity index (χ3v) is 1.18. The fraction of sp³-hybridized carbons (Fsp3) is 1.00. The first-order valence-corrected chi connectivity index (χ1v) is 3.35. The molecule has 0 spiro atoms. The summed E-state index contributed by atoms with van der Waals surface area (Å²) in [5, 5.41) is 1.28. The minimum atomic E-state index is 0. The van der Waals surface area contributed by atoms with Crippen molar-refractivity contribution < 1.29 is 0 Å². The van der Waals surface area contributed by atoms with Gasteiger partial charge in [0, 0.05) is 0 Å². The Labute approximate surface area is 75.5 Å². The van der Waals surface area contributed by atoms with Crippen LogP contribution in [0.5, 0.6) is 0 Å². The van der Waals surface area contributed by atoms with Crippen molar-refractivity contribution in [2.45, 2.75) is 25.0 Å². The molecule has 0 nitrogen and oxygen atoms in total. The van der Waals surface area contributed by atoms with Gasteiger partial charge in [-0.05, 0) is 0 Å². The molecule has 0 amide bonds. The second-order valence-electron chi connectivity index (χ2n) is 1.08. The average Bonchev–Trinajstić information content (AvgIpc) is 1.41. The van der Waals surface area contributed by atoms with Crippen LogP contribution in [0.4, 0.5) is 0 Å². The van der Waals surface area contributed by atoms with Gasteiger partial charge in [-0.1, -0.05) is 0 Å². The van der Waals surface area contributed by atoms with Gasteiger partial charge in [-0.3, -0.25) is 0 Å². The Morgan fingerprint density at radius 1 is 1.29 bits per heavy atom. The van der Waals surface area contributed by atoms with Crippen LogP contribution >= 0.6 is 34.0 Å². The summed E-state index contributed by atoms with van der Waals surface area (Å²) in [5.41, 5.74) is 0. The Morgan fingerprint density at radius 2 is 1.71 bits per heavy atom. The molecule has 0 rings (SSSR count). The van der Waals surface area contributed by atoms with E-state index in [0.29, 0.717) is 0 Å². The summed E-state index contributed by atoms with van der Waals surface area (Å²) in [7, 11) is 0. The first kappa shape index (κ1) is 15.8. The molecule has 0 aromatic heterocycles. The molecule has 0 aliphatic rings. The molecular formula is C4H11AsBr2. The summed E-state index contributed by atoms with van der Waals surface area (Å²) in [6.45, 7) is 2.20. The van der Waals surface area contributed by atoms with Crippen LogP contribution in [0.3, 0.4) is 0 Å². The van der Waals surface area contributed by atoms with Crippen LogP contribution in [0.15, 0.2) is 0 Å². The molecule has 0 aromatic carbocycles. The van der Waals surface area contributed by atoms with Crippen molar-refractivity contribution in [3.8, 4) is 0 Å². The zero-order valence-corrected chi connectivity index (χ0v) is 9.69. The molecule has 0 saturated carbocycles. The Hall–Kier alpha value is 1.52. The van der Waals surface area contributed by atoms with Crippen molar-refractivity contribution >= 4 is 50.8 Å². The average molecular weight is 294 g/mol. The quantitative estimate of drug-likeness (QED) is 0.687. The Morgan fingerprint density at radius 3 is 1.71 bits per heavy atom. The van der Waals surface area contributed by atoms with Crippen LogP contribution in [-0.2, 0) is 0 Å². The monoisotopic (exact) mass is 292 g/mol. The van der Waals surface area contributed by atoms with Gasteiger partial charge < -0.3 is 0 Å². The summed E-state index contributed by atoms with van der Waals surface area (Å²) in [4.78, 5) is 0. The molecule has 0 N–H and O–H groups in total. The SMILES string of the molecule is Br.Br.CCCC[As]. The molecule has 46 valence electrons. The first-order valence-electron chi connectivity index (χ1n) is 2.02. The third-order valence-electron chi connectivity index (χ3n) is 0.512. The van der Waals surface area contributed by atoms with Crippen LogP contribution < -0.4 is 0 Å². The molecule has 0 unspecified atom stereocenters. The Bertz CT molecular complexity index is 17.2. The van der Waals surface area contributed by atoms with Crippen molar-refractivity contribution in [2.24, 2.45) is 0 Å². The van der Waals surface area contributed by atoms with E-state index in [9.17, 15) is 0 Å². The van der Waals surface area contributed by atoms with Crippen molar-refractivity contribution in [3.05, 3.63) is 0 Å². The van der Waals surface area contributed by atoms with Crippen LogP contribution in [0.1, 0.15) is 19.8 Å². The molecule has 7 heavy (non-hydrogen) atoms. The molecule has 0 heterocycles. The van der Waals surface area contributed by atoms with Crippen LogP contribution in [0.2, 0.25) is 5.21 Å². The molecule has 0 atom stereocenters. The normalized spacial score (nSPS) is 6.00. The predicted molar refractivity (Wildman–Crippen MR) is 46.1 cm³/mol. The predicted octanol–water partition coefficient (Wildman–Crippen LogP) is 2.53. The third kappa shape index (κ3) is 18.5. The Kier molecular flexibility index (Phi) is 35.3. The van der Waals surface area contributed by atoms with Crippen LogP contribution in [-0.4, -0.2) is 16.9 Å². The van der Waals surface area contributed by atoms with E-state index in [1.54, 1.807) is 0 Å². The van der Waals surface area contributed by atoms with E-state index in [0.717, 1.165) is 0 Å². The molecule has 2 radical (unpaired) electrons. The second-order valence-corrected chi connectivity index (χ2v) is 2.02. The second kappa shape index (κ2) is 15.6. The summed E-state index contributed by atoms with van der Waals surface area (Å²) in [6, 6.07) is 0.